The molecule has 4 N–H and O–H groups in total. The number of hydrogen-bond acceptors (Lipinski definition) is 5. The second-order valence-electron chi connectivity index (χ2n) is 5.76. The van der Waals surface area contributed by atoms with Crippen molar-refractivity contribution in [1.29, 1.82) is 0 Å². The summed E-state index contributed by atoms with van der Waals surface area (Å²) in [6, 6.07) is 18.0. The molecule has 0 fully saturated rings. The number of anilines is 2. The molecular weight excluding hydrogens is 330 g/mol. The van der Waals surface area contributed by atoms with Crippen molar-refractivity contribution in [3.63, 3.8) is 0 Å². The van der Waals surface area contributed by atoms with E-state index in [1.165, 1.54) is 5.56 Å². The van der Waals surface area contributed by atoms with Gasteiger partial charge in [0.05, 0.1) is 5.52 Å². The topological polar surface area (TPSA) is 99.2 Å². The highest BCUT2D eigenvalue weighted by Gasteiger charge is 2.07. The molecule has 3 aromatic rings. The summed E-state index contributed by atoms with van der Waals surface area (Å²) in [6.07, 6.45) is -0.366. The van der Waals surface area contributed by atoms with Gasteiger partial charge in [-0.05, 0) is 24.1 Å². The van der Waals surface area contributed by atoms with Crippen molar-refractivity contribution in [1.82, 2.24) is 15.3 Å². The van der Waals surface area contributed by atoms with Crippen molar-refractivity contribution in [3.8, 4) is 0 Å². The molecule has 0 saturated heterocycles. The normalized spacial score (nSPS) is 10.5. The Morgan fingerprint density at radius 3 is 2.50 bits per heavy atom. The predicted octanol–water partition coefficient (Wildman–Crippen LogP) is 3.31. The SMILES string of the molecule is O=C(O)NCCCNc1nc(NCc2ccccc2)c2ccccc2n1. The first-order valence-electron chi connectivity index (χ1n) is 8.47. The summed E-state index contributed by atoms with van der Waals surface area (Å²) in [5, 5.41) is 18.4. The molecule has 0 aliphatic carbocycles. The average molecular weight is 351 g/mol. The smallest absolute Gasteiger partial charge is 0.404 e. The maximum Gasteiger partial charge on any atom is 0.404 e. The molecule has 7 heteroatoms. The van der Waals surface area contributed by atoms with Crippen LogP contribution >= 0.6 is 0 Å². The van der Waals surface area contributed by atoms with Crippen LogP contribution in [0.4, 0.5) is 16.6 Å². The Morgan fingerprint density at radius 1 is 0.923 bits per heavy atom. The van der Waals surface area contributed by atoms with Crippen molar-refractivity contribution in [2.75, 3.05) is 23.7 Å². The molecule has 0 unspecified atom stereocenters. The van der Waals surface area contributed by atoms with Crippen LogP contribution in [-0.2, 0) is 6.54 Å². The first-order valence-corrected chi connectivity index (χ1v) is 8.47. The van der Waals surface area contributed by atoms with Crippen LogP contribution in [0.1, 0.15) is 12.0 Å². The van der Waals surface area contributed by atoms with Gasteiger partial charge in [-0.2, -0.15) is 4.98 Å². The fourth-order valence-corrected chi connectivity index (χ4v) is 2.56. The van der Waals surface area contributed by atoms with E-state index in [-0.39, 0.29) is 0 Å². The molecule has 0 spiro atoms. The largest absolute Gasteiger partial charge is 0.465 e. The standard InChI is InChI=1S/C19H21N5O2/c25-19(26)21-12-6-11-20-18-23-16-10-5-4-9-15(16)17(24-18)22-13-14-7-2-1-3-8-14/h1-5,7-10,21H,6,11-13H2,(H,25,26)(H2,20,22,23,24). The molecule has 1 amide bonds. The third kappa shape index (κ3) is 4.83. The number of amides is 1. The average Bonchev–Trinajstić information content (AvgIpc) is 2.66. The number of para-hydroxylation sites is 1. The van der Waals surface area contributed by atoms with Crippen LogP contribution in [0.15, 0.2) is 54.6 Å². The number of hydrogen-bond donors (Lipinski definition) is 4. The van der Waals surface area contributed by atoms with Crippen molar-refractivity contribution in [2.45, 2.75) is 13.0 Å². The summed E-state index contributed by atoms with van der Waals surface area (Å²) < 4.78 is 0. The number of aromatic nitrogens is 2. The maximum atomic E-state index is 10.4. The van der Waals surface area contributed by atoms with Gasteiger partial charge in [0.25, 0.3) is 0 Å². The summed E-state index contributed by atoms with van der Waals surface area (Å²) in [7, 11) is 0. The van der Waals surface area contributed by atoms with Crippen LogP contribution in [0.3, 0.4) is 0 Å². The molecular formula is C19H21N5O2. The van der Waals surface area contributed by atoms with Gasteiger partial charge in [0.1, 0.15) is 5.82 Å². The minimum absolute atomic E-state index is 0.384. The molecule has 3 rings (SSSR count). The van der Waals surface area contributed by atoms with E-state index in [2.05, 4.69) is 38.1 Å². The number of fused-ring (bicyclic) bond motifs is 1. The van der Waals surface area contributed by atoms with E-state index >= 15 is 0 Å². The van der Waals surface area contributed by atoms with Gasteiger partial charge in [-0.15, -0.1) is 0 Å². The Bertz CT molecular complexity index is 870. The zero-order chi connectivity index (χ0) is 18.2. The lowest BCUT2D eigenvalue weighted by molar-refractivity contribution is 0.194. The molecule has 1 aromatic heterocycles. The summed E-state index contributed by atoms with van der Waals surface area (Å²) in [5.74, 6) is 1.29. The number of benzene rings is 2. The second kappa shape index (κ2) is 8.66. The van der Waals surface area contributed by atoms with Crippen LogP contribution in [-0.4, -0.2) is 34.3 Å². The van der Waals surface area contributed by atoms with E-state index in [0.29, 0.717) is 32.0 Å². The van der Waals surface area contributed by atoms with Gasteiger partial charge in [-0.25, -0.2) is 9.78 Å². The molecule has 2 aromatic carbocycles. The van der Waals surface area contributed by atoms with E-state index < -0.39 is 6.09 Å². The first-order chi connectivity index (χ1) is 12.7. The number of nitrogens with one attached hydrogen (secondary N) is 3. The van der Waals surface area contributed by atoms with Crippen LogP contribution in [0.2, 0.25) is 0 Å². The molecule has 0 atom stereocenters. The maximum absolute atomic E-state index is 10.4. The number of rotatable bonds is 8. The van der Waals surface area contributed by atoms with Crippen molar-refractivity contribution in [2.24, 2.45) is 0 Å². The Balaban J connectivity index is 1.70. The third-order valence-electron chi connectivity index (χ3n) is 3.82. The number of nitrogens with zero attached hydrogens (tertiary/aromatic N) is 2. The molecule has 7 nitrogen and oxygen atoms in total. The lowest BCUT2D eigenvalue weighted by Gasteiger charge is -2.12. The molecule has 0 bridgehead atoms. The van der Waals surface area contributed by atoms with Crippen LogP contribution in [0, 0.1) is 0 Å². The molecule has 0 radical (unpaired) electrons. The van der Waals surface area contributed by atoms with Gasteiger partial charge in [0.15, 0.2) is 0 Å². The van der Waals surface area contributed by atoms with Gasteiger partial charge in [-0.3, -0.25) is 0 Å². The first kappa shape index (κ1) is 17.5. The quantitative estimate of drug-likeness (QED) is 0.465. The van der Waals surface area contributed by atoms with Gasteiger partial charge >= 0.3 is 6.09 Å². The van der Waals surface area contributed by atoms with Crippen LogP contribution < -0.4 is 16.0 Å². The van der Waals surface area contributed by atoms with Crippen LogP contribution in [0.5, 0.6) is 0 Å². The van der Waals surface area contributed by atoms with E-state index in [4.69, 9.17) is 5.11 Å². The minimum atomic E-state index is -1.01. The summed E-state index contributed by atoms with van der Waals surface area (Å²) in [4.78, 5) is 19.6. The van der Waals surface area contributed by atoms with E-state index in [1.54, 1.807) is 0 Å². The van der Waals surface area contributed by atoms with Crippen molar-refractivity contribution in [3.05, 3.63) is 60.2 Å². The Labute approximate surface area is 151 Å². The van der Waals surface area contributed by atoms with Gasteiger partial charge in [0.2, 0.25) is 5.95 Å². The molecule has 134 valence electrons. The lowest BCUT2D eigenvalue weighted by Crippen LogP contribution is -2.23. The number of carbonyl (C=O) groups is 1. The zero-order valence-electron chi connectivity index (χ0n) is 14.3. The molecule has 1 heterocycles. The lowest BCUT2D eigenvalue weighted by atomic mass is 10.2. The van der Waals surface area contributed by atoms with Crippen molar-refractivity contribution < 1.29 is 9.90 Å². The third-order valence-corrected chi connectivity index (χ3v) is 3.82. The fourth-order valence-electron chi connectivity index (χ4n) is 2.56. The summed E-state index contributed by atoms with van der Waals surface area (Å²) >= 11 is 0. The highest BCUT2D eigenvalue weighted by Crippen LogP contribution is 2.22. The molecule has 0 aliphatic rings. The zero-order valence-corrected chi connectivity index (χ0v) is 14.3. The van der Waals surface area contributed by atoms with E-state index in [0.717, 1.165) is 16.7 Å². The highest BCUT2D eigenvalue weighted by atomic mass is 16.4. The molecule has 0 saturated carbocycles. The Hall–Kier alpha value is -3.35. The summed E-state index contributed by atoms with van der Waals surface area (Å²) in [5.41, 5.74) is 2.02. The Kier molecular flexibility index (Phi) is 5.82. The highest BCUT2D eigenvalue weighted by molar-refractivity contribution is 5.90. The fraction of sp³-hybridized carbons (Fsp3) is 0.211. The van der Waals surface area contributed by atoms with Gasteiger partial charge < -0.3 is 21.1 Å². The van der Waals surface area contributed by atoms with Crippen molar-refractivity contribution >= 4 is 28.8 Å². The van der Waals surface area contributed by atoms with E-state index in [9.17, 15) is 4.79 Å². The predicted molar refractivity (Wildman–Crippen MR) is 102 cm³/mol. The Morgan fingerprint density at radius 2 is 1.69 bits per heavy atom. The van der Waals surface area contributed by atoms with Crippen LogP contribution in [0.25, 0.3) is 10.9 Å². The molecule has 0 aliphatic heterocycles. The minimum Gasteiger partial charge on any atom is -0.465 e. The van der Waals surface area contributed by atoms with E-state index in [1.807, 2.05) is 42.5 Å². The monoisotopic (exact) mass is 351 g/mol. The molecule has 26 heavy (non-hydrogen) atoms. The van der Waals surface area contributed by atoms with Gasteiger partial charge in [-0.1, -0.05) is 42.5 Å². The second-order valence-corrected chi connectivity index (χ2v) is 5.76. The summed E-state index contributed by atoms with van der Waals surface area (Å²) in [6.45, 7) is 1.63. The number of carboxylic acid groups (broad SMARTS) is 1. The van der Waals surface area contributed by atoms with Gasteiger partial charge in [0, 0.05) is 25.0 Å².